The summed E-state index contributed by atoms with van der Waals surface area (Å²) in [6.45, 7) is 5.52. The molecule has 3 saturated heterocycles. The van der Waals surface area contributed by atoms with Gasteiger partial charge in [0.25, 0.3) is 21.6 Å². The fourth-order valence-electron chi connectivity index (χ4n) is 8.96. The third kappa shape index (κ3) is 7.54. The molecule has 1 aliphatic carbocycles. The van der Waals surface area contributed by atoms with Crippen molar-refractivity contribution in [2.75, 3.05) is 56.2 Å². The monoisotopic (exact) mass is 791 g/mol. The van der Waals surface area contributed by atoms with Gasteiger partial charge in [0.05, 0.1) is 21.6 Å². The van der Waals surface area contributed by atoms with Crippen molar-refractivity contribution in [1.82, 2.24) is 19.6 Å². The van der Waals surface area contributed by atoms with E-state index >= 15 is 0 Å². The van der Waals surface area contributed by atoms with Gasteiger partial charge in [-0.05, 0) is 85.5 Å². The lowest BCUT2D eigenvalue weighted by molar-refractivity contribution is -0.384. The van der Waals surface area contributed by atoms with Gasteiger partial charge in [-0.2, -0.15) is 0 Å². The summed E-state index contributed by atoms with van der Waals surface area (Å²) in [7, 11) is -4.53. The van der Waals surface area contributed by atoms with Crippen LogP contribution >= 0.6 is 0 Å². The SMILES string of the molecule is O=C(NS(=O)(=O)c1ccc(NCC2CCOCC2)c([N+](=O)[O-])c1)c1ccc(N2CC3(C2)CN(C2CCCCc4ccccc42)C3)cc1Oc1cnc2[nH]ccc2c1. The number of hydrogen-bond acceptors (Lipinski definition) is 11. The largest absolute Gasteiger partial charge is 0.455 e. The Morgan fingerprint density at radius 1 is 1.00 bits per heavy atom. The third-order valence-corrected chi connectivity index (χ3v) is 13.3. The number of benzene rings is 3. The lowest BCUT2D eigenvalue weighted by Crippen LogP contribution is -2.72. The minimum atomic E-state index is -4.53. The molecule has 0 bridgehead atoms. The summed E-state index contributed by atoms with van der Waals surface area (Å²) >= 11 is 0. The van der Waals surface area contributed by atoms with Gasteiger partial charge in [0, 0.05) is 86.8 Å². The maximum absolute atomic E-state index is 13.8. The second-order valence-electron chi connectivity index (χ2n) is 15.9. The number of fused-ring (bicyclic) bond motifs is 2. The predicted octanol–water partition coefficient (Wildman–Crippen LogP) is 6.81. The van der Waals surface area contributed by atoms with Crippen LogP contribution in [0.3, 0.4) is 0 Å². The number of aromatic amines is 1. The van der Waals surface area contributed by atoms with Gasteiger partial charge in [-0.25, -0.2) is 18.1 Å². The highest BCUT2D eigenvalue weighted by Gasteiger charge is 2.53. The van der Waals surface area contributed by atoms with Crippen LogP contribution in [0.1, 0.15) is 59.6 Å². The van der Waals surface area contributed by atoms with Crippen molar-refractivity contribution < 1.29 is 27.6 Å². The summed E-state index contributed by atoms with van der Waals surface area (Å²) in [6.07, 6.45) is 9.74. The Kier molecular flexibility index (Phi) is 9.83. The number of anilines is 2. The Hall–Kier alpha value is -5.51. The number of carbonyl (C=O) groups excluding carboxylic acids is 1. The molecule has 14 nitrogen and oxygen atoms in total. The van der Waals surface area contributed by atoms with Gasteiger partial charge in [-0.3, -0.25) is 19.8 Å². The summed E-state index contributed by atoms with van der Waals surface area (Å²) < 4.78 is 41.0. The lowest BCUT2D eigenvalue weighted by Gasteiger charge is -2.62. The maximum Gasteiger partial charge on any atom is 0.293 e. The van der Waals surface area contributed by atoms with Crippen LogP contribution in [0, 0.1) is 21.4 Å². The van der Waals surface area contributed by atoms with E-state index in [1.807, 2.05) is 6.07 Å². The van der Waals surface area contributed by atoms with Crippen LogP contribution in [0.4, 0.5) is 17.1 Å². The number of sulfonamides is 1. The molecule has 1 amide bonds. The van der Waals surface area contributed by atoms with Crippen LogP contribution in [0.5, 0.6) is 11.5 Å². The summed E-state index contributed by atoms with van der Waals surface area (Å²) in [4.78, 5) is 37.2. The molecule has 2 aromatic heterocycles. The fourth-order valence-corrected chi connectivity index (χ4v) is 9.94. The van der Waals surface area contributed by atoms with Gasteiger partial charge in [0.2, 0.25) is 0 Å². The van der Waals surface area contributed by atoms with E-state index in [1.54, 1.807) is 30.5 Å². The highest BCUT2D eigenvalue weighted by Crippen LogP contribution is 2.48. The number of H-pyrrole nitrogens is 1. The number of pyridine rings is 1. The number of nitro groups is 1. The molecule has 5 aromatic rings. The number of rotatable bonds is 11. The number of nitrogens with one attached hydrogen (secondary N) is 3. The molecular weight excluding hydrogens is 747 g/mol. The maximum atomic E-state index is 13.8. The van der Waals surface area contributed by atoms with Gasteiger partial charge in [0.15, 0.2) is 0 Å². The molecule has 57 heavy (non-hydrogen) atoms. The number of aryl methyl sites for hydroxylation is 1. The Morgan fingerprint density at radius 3 is 2.65 bits per heavy atom. The van der Waals surface area contributed by atoms with Crippen LogP contribution in [0.25, 0.3) is 11.0 Å². The average molecular weight is 792 g/mol. The van der Waals surface area contributed by atoms with Crippen molar-refractivity contribution in [3.63, 3.8) is 0 Å². The molecule has 9 rings (SSSR count). The molecule has 4 aliphatic rings. The van der Waals surface area contributed by atoms with Crippen molar-refractivity contribution >= 4 is 44.0 Å². The first-order valence-electron chi connectivity index (χ1n) is 19.6. The Labute approximate surface area is 330 Å². The van der Waals surface area contributed by atoms with Crippen LogP contribution in [-0.2, 0) is 21.2 Å². The van der Waals surface area contributed by atoms with Crippen LogP contribution < -0.4 is 19.7 Å². The number of aromatic nitrogens is 2. The fraction of sp³-hybridized carbons (Fsp3) is 0.381. The molecule has 296 valence electrons. The normalized spacial score (nSPS) is 19.6. The minimum absolute atomic E-state index is 0.0159. The van der Waals surface area contributed by atoms with Crippen LogP contribution in [0.15, 0.2) is 90.1 Å². The van der Waals surface area contributed by atoms with E-state index in [1.165, 1.54) is 48.7 Å². The second kappa shape index (κ2) is 15.1. The molecule has 1 atom stereocenters. The molecule has 1 unspecified atom stereocenters. The zero-order chi connectivity index (χ0) is 39.1. The molecular formula is C42H45N7O7S. The van der Waals surface area contributed by atoms with E-state index < -0.39 is 31.4 Å². The van der Waals surface area contributed by atoms with E-state index in [4.69, 9.17) is 9.47 Å². The number of hydrogen-bond donors (Lipinski definition) is 3. The smallest absolute Gasteiger partial charge is 0.293 e. The molecule has 3 fully saturated rings. The summed E-state index contributed by atoms with van der Waals surface area (Å²) in [6, 6.07) is 21.7. The molecule has 0 radical (unpaired) electrons. The molecule has 0 saturated carbocycles. The number of nitro benzene ring substituents is 1. The first kappa shape index (κ1) is 37.1. The van der Waals surface area contributed by atoms with Gasteiger partial charge in [0.1, 0.15) is 22.8 Å². The molecule has 15 heteroatoms. The van der Waals surface area contributed by atoms with Crippen molar-refractivity contribution in [2.45, 2.75) is 49.5 Å². The van der Waals surface area contributed by atoms with Gasteiger partial charge < -0.3 is 24.7 Å². The number of nitrogens with zero attached hydrogens (tertiary/aromatic N) is 4. The van der Waals surface area contributed by atoms with Gasteiger partial charge >= 0.3 is 0 Å². The minimum Gasteiger partial charge on any atom is -0.455 e. The highest BCUT2D eigenvalue weighted by atomic mass is 32.2. The standard InChI is InChI=1S/C42H45N7O7S/c50-41(46-57(53,54)33-10-12-36(38(21-33)49(51)52)44-22-28-14-17-55-18-15-28)35-11-9-31(20-39(35)56-32-19-30-13-16-43-40(30)45-23-32)47-24-42(25-47)26-48(27-42)37-8-4-2-6-29-5-1-3-7-34(29)37/h1,3,5,7,9-13,16,19-21,23,28,37,44H,2,4,6,8,14-15,17-18,22,24-27H2,(H,43,45)(H,46,50). The van der Waals surface area contributed by atoms with E-state index in [-0.39, 0.29) is 28.3 Å². The van der Waals surface area contributed by atoms with Crippen molar-refractivity contribution in [1.29, 1.82) is 0 Å². The van der Waals surface area contributed by atoms with Gasteiger partial charge in [-0.1, -0.05) is 30.7 Å². The van der Waals surface area contributed by atoms with Crippen LogP contribution in [0.2, 0.25) is 0 Å². The molecule has 3 aliphatic heterocycles. The van der Waals surface area contributed by atoms with Gasteiger partial charge in [-0.15, -0.1) is 0 Å². The van der Waals surface area contributed by atoms with Crippen molar-refractivity contribution in [3.8, 4) is 11.5 Å². The quantitative estimate of drug-likeness (QED) is 0.0729. The highest BCUT2D eigenvalue weighted by molar-refractivity contribution is 7.90. The predicted molar refractivity (Wildman–Crippen MR) is 215 cm³/mol. The number of ether oxygens (including phenoxy) is 2. The lowest BCUT2D eigenvalue weighted by atomic mass is 9.71. The number of amides is 1. The van der Waals surface area contributed by atoms with E-state index in [0.717, 1.165) is 62.6 Å². The molecule has 3 N–H and O–H groups in total. The van der Waals surface area contributed by atoms with E-state index in [2.05, 4.69) is 54.1 Å². The van der Waals surface area contributed by atoms with E-state index in [9.17, 15) is 23.3 Å². The Morgan fingerprint density at radius 2 is 1.82 bits per heavy atom. The second-order valence-corrected chi connectivity index (χ2v) is 17.6. The number of carbonyl (C=O) groups is 1. The number of likely N-dealkylation sites (tertiary alicyclic amines) is 1. The Balaban J connectivity index is 0.925. The molecule has 5 heterocycles. The van der Waals surface area contributed by atoms with Crippen molar-refractivity contribution in [3.05, 3.63) is 112 Å². The van der Waals surface area contributed by atoms with Crippen molar-refractivity contribution in [2.24, 2.45) is 11.3 Å². The topological polar surface area (TPSA) is 172 Å². The summed E-state index contributed by atoms with van der Waals surface area (Å²) in [5.41, 5.74) is 4.44. The zero-order valence-electron chi connectivity index (χ0n) is 31.5. The average Bonchev–Trinajstić information content (AvgIpc) is 3.55. The molecule has 3 aromatic carbocycles. The summed E-state index contributed by atoms with van der Waals surface area (Å²) in [5, 5.41) is 15.9. The van der Waals surface area contributed by atoms with E-state index in [0.29, 0.717) is 37.2 Å². The Bertz CT molecular complexity index is 2430. The first-order chi connectivity index (χ1) is 27.6. The third-order valence-electron chi connectivity index (χ3n) is 12.0. The zero-order valence-corrected chi connectivity index (χ0v) is 32.3. The summed E-state index contributed by atoms with van der Waals surface area (Å²) in [5.74, 6) is -0.129. The van der Waals surface area contributed by atoms with Crippen LogP contribution in [-0.4, -0.2) is 80.1 Å². The molecule has 1 spiro atoms. The first-order valence-corrected chi connectivity index (χ1v) is 21.1.